The van der Waals surface area contributed by atoms with Crippen molar-refractivity contribution in [2.24, 2.45) is 0 Å². The van der Waals surface area contributed by atoms with Gasteiger partial charge in [-0.2, -0.15) is 0 Å². The van der Waals surface area contributed by atoms with E-state index in [1.807, 2.05) is 6.92 Å². The van der Waals surface area contributed by atoms with Gasteiger partial charge < -0.3 is 10.4 Å². The maximum atomic E-state index is 12.0. The number of ketones is 1. The van der Waals surface area contributed by atoms with Crippen LogP contribution in [0.15, 0.2) is 24.3 Å². The van der Waals surface area contributed by atoms with E-state index in [1.165, 1.54) is 13.0 Å². The minimum atomic E-state index is -1.07. The molecule has 0 aliphatic rings. The summed E-state index contributed by atoms with van der Waals surface area (Å²) < 4.78 is 0. The smallest absolute Gasteiger partial charge is 0.326 e. The van der Waals surface area contributed by atoms with Crippen molar-refractivity contribution in [2.75, 3.05) is 0 Å². The van der Waals surface area contributed by atoms with Gasteiger partial charge in [-0.25, -0.2) is 4.79 Å². The molecule has 19 heavy (non-hydrogen) atoms. The summed E-state index contributed by atoms with van der Waals surface area (Å²) in [7, 11) is 0. The highest BCUT2D eigenvalue weighted by Crippen LogP contribution is 2.10. The Labute approximate surface area is 111 Å². The molecule has 0 aliphatic heterocycles. The molecule has 0 saturated heterocycles. The molecule has 1 aromatic carbocycles. The van der Waals surface area contributed by atoms with Gasteiger partial charge in [0.25, 0.3) is 5.91 Å². The molecule has 0 fully saturated rings. The highest BCUT2D eigenvalue weighted by atomic mass is 16.4. The van der Waals surface area contributed by atoms with E-state index in [2.05, 4.69) is 5.32 Å². The highest BCUT2D eigenvalue weighted by molar-refractivity contribution is 6.07. The molecule has 0 saturated carbocycles. The maximum absolute atomic E-state index is 12.0. The molecule has 0 aromatic heterocycles. The quantitative estimate of drug-likeness (QED) is 0.767. The van der Waals surface area contributed by atoms with Crippen LogP contribution in [-0.4, -0.2) is 28.8 Å². The van der Waals surface area contributed by atoms with Gasteiger partial charge in [-0.3, -0.25) is 9.59 Å². The van der Waals surface area contributed by atoms with E-state index in [1.54, 1.807) is 18.2 Å². The van der Waals surface area contributed by atoms with Crippen molar-refractivity contribution in [3.8, 4) is 0 Å². The third-order valence-electron chi connectivity index (χ3n) is 2.73. The zero-order chi connectivity index (χ0) is 14.4. The Hall–Kier alpha value is -2.17. The Bertz CT molecular complexity index is 496. The largest absolute Gasteiger partial charge is 0.480 e. The summed E-state index contributed by atoms with van der Waals surface area (Å²) in [6.45, 7) is 3.21. The molecule has 0 radical (unpaired) electrons. The van der Waals surface area contributed by atoms with Crippen LogP contribution in [0.1, 0.15) is 47.4 Å². The third kappa shape index (κ3) is 3.91. The normalized spacial score (nSPS) is 11.7. The van der Waals surface area contributed by atoms with E-state index < -0.39 is 17.9 Å². The van der Waals surface area contributed by atoms with Crippen molar-refractivity contribution in [1.82, 2.24) is 5.32 Å². The zero-order valence-electron chi connectivity index (χ0n) is 11.0. The molecule has 1 unspecified atom stereocenters. The molecule has 2 N–H and O–H groups in total. The minimum absolute atomic E-state index is 0.206. The van der Waals surface area contributed by atoms with Crippen LogP contribution in [0.2, 0.25) is 0 Å². The van der Waals surface area contributed by atoms with Crippen LogP contribution in [0.25, 0.3) is 0 Å². The molecule has 1 amide bonds. The maximum Gasteiger partial charge on any atom is 0.326 e. The summed E-state index contributed by atoms with van der Waals surface area (Å²) in [6.07, 6.45) is 0.995. The molecular weight excluding hydrogens is 246 g/mol. The Morgan fingerprint density at radius 1 is 1.21 bits per heavy atom. The van der Waals surface area contributed by atoms with Crippen LogP contribution in [0.3, 0.4) is 0 Å². The van der Waals surface area contributed by atoms with E-state index >= 15 is 0 Å². The number of nitrogens with one attached hydrogen (secondary N) is 1. The minimum Gasteiger partial charge on any atom is -0.480 e. The van der Waals surface area contributed by atoms with Crippen LogP contribution in [0.4, 0.5) is 0 Å². The summed E-state index contributed by atoms with van der Waals surface area (Å²) in [5, 5.41) is 11.4. The molecule has 0 heterocycles. The second kappa shape index (κ2) is 6.68. The fourth-order valence-corrected chi connectivity index (χ4v) is 1.77. The number of hydrogen-bond acceptors (Lipinski definition) is 3. The first kappa shape index (κ1) is 14.9. The van der Waals surface area contributed by atoms with Gasteiger partial charge in [0.05, 0.1) is 5.56 Å². The van der Waals surface area contributed by atoms with Gasteiger partial charge in [-0.05, 0) is 19.4 Å². The molecule has 0 spiro atoms. The molecule has 5 nitrogen and oxygen atoms in total. The molecule has 1 atom stereocenters. The molecule has 0 aliphatic carbocycles. The van der Waals surface area contributed by atoms with Crippen molar-refractivity contribution >= 4 is 17.7 Å². The van der Waals surface area contributed by atoms with Crippen LogP contribution in [-0.2, 0) is 4.79 Å². The molecule has 5 heteroatoms. The van der Waals surface area contributed by atoms with E-state index in [4.69, 9.17) is 5.11 Å². The lowest BCUT2D eigenvalue weighted by Crippen LogP contribution is -2.41. The first-order chi connectivity index (χ1) is 8.97. The predicted molar refractivity (Wildman–Crippen MR) is 70.2 cm³/mol. The molecule has 102 valence electrons. The van der Waals surface area contributed by atoms with Crippen molar-refractivity contribution in [1.29, 1.82) is 0 Å². The number of rotatable bonds is 6. The van der Waals surface area contributed by atoms with E-state index in [0.717, 1.165) is 0 Å². The number of carbonyl (C=O) groups is 3. The number of amides is 1. The molecule has 1 aromatic rings. The topological polar surface area (TPSA) is 83.5 Å². The highest BCUT2D eigenvalue weighted by Gasteiger charge is 2.21. The van der Waals surface area contributed by atoms with E-state index in [9.17, 15) is 14.4 Å². The van der Waals surface area contributed by atoms with E-state index in [0.29, 0.717) is 18.4 Å². The van der Waals surface area contributed by atoms with Gasteiger partial charge in [-0.15, -0.1) is 0 Å². The van der Waals surface area contributed by atoms with Gasteiger partial charge in [0.15, 0.2) is 5.78 Å². The average Bonchev–Trinajstić information content (AvgIpc) is 2.37. The van der Waals surface area contributed by atoms with Crippen molar-refractivity contribution < 1.29 is 19.5 Å². The number of carbonyl (C=O) groups excluding carboxylic acids is 2. The second-order valence-corrected chi connectivity index (χ2v) is 4.25. The predicted octanol–water partition coefficient (Wildman–Crippen LogP) is 1.87. The third-order valence-corrected chi connectivity index (χ3v) is 2.73. The van der Waals surface area contributed by atoms with Gasteiger partial charge >= 0.3 is 5.97 Å². The van der Waals surface area contributed by atoms with Crippen LogP contribution >= 0.6 is 0 Å². The lowest BCUT2D eigenvalue weighted by Gasteiger charge is -2.14. The standard InChI is InChI=1S/C14H17NO4/c1-3-6-12(14(18)19)15-13(17)11-8-5-4-7-10(11)9(2)16/h4-5,7-8,12H,3,6H2,1-2H3,(H,15,17)(H,18,19). The Balaban J connectivity index is 2.94. The van der Waals surface area contributed by atoms with Crippen LogP contribution < -0.4 is 5.32 Å². The number of Topliss-reactive ketones (excluding diaryl/α,β-unsaturated/α-hetero) is 1. The summed E-state index contributed by atoms with van der Waals surface area (Å²) in [5.74, 6) is -1.84. The summed E-state index contributed by atoms with van der Waals surface area (Å²) >= 11 is 0. The lowest BCUT2D eigenvalue weighted by atomic mass is 10.0. The van der Waals surface area contributed by atoms with Gasteiger partial charge in [0.1, 0.15) is 6.04 Å². The number of carboxylic acids is 1. The first-order valence-electron chi connectivity index (χ1n) is 6.11. The van der Waals surface area contributed by atoms with Gasteiger partial charge in [-0.1, -0.05) is 31.5 Å². The molecular formula is C14H17NO4. The SMILES string of the molecule is CCCC(NC(=O)c1ccccc1C(C)=O)C(=O)O. The first-order valence-corrected chi connectivity index (χ1v) is 6.11. The summed E-state index contributed by atoms with van der Waals surface area (Å²) in [6, 6.07) is 5.42. The van der Waals surface area contributed by atoms with Crippen molar-refractivity contribution in [3.63, 3.8) is 0 Å². The van der Waals surface area contributed by atoms with Gasteiger partial charge in [0, 0.05) is 5.56 Å². The Morgan fingerprint density at radius 3 is 2.26 bits per heavy atom. The van der Waals surface area contributed by atoms with Crippen LogP contribution in [0.5, 0.6) is 0 Å². The molecule has 0 bridgehead atoms. The van der Waals surface area contributed by atoms with Crippen molar-refractivity contribution in [2.45, 2.75) is 32.7 Å². The van der Waals surface area contributed by atoms with E-state index in [-0.39, 0.29) is 11.3 Å². The monoisotopic (exact) mass is 263 g/mol. The number of carboxylic acid groups (broad SMARTS) is 1. The zero-order valence-corrected chi connectivity index (χ0v) is 11.0. The van der Waals surface area contributed by atoms with Gasteiger partial charge in [0.2, 0.25) is 0 Å². The van der Waals surface area contributed by atoms with Crippen molar-refractivity contribution in [3.05, 3.63) is 35.4 Å². The number of hydrogen-bond donors (Lipinski definition) is 2. The molecule has 1 rings (SSSR count). The fraction of sp³-hybridized carbons (Fsp3) is 0.357. The Morgan fingerprint density at radius 2 is 1.79 bits per heavy atom. The number of aliphatic carboxylic acids is 1. The van der Waals surface area contributed by atoms with Crippen LogP contribution in [0, 0.1) is 0 Å². The average molecular weight is 263 g/mol. The number of benzene rings is 1. The Kier molecular flexibility index (Phi) is 5.23. The summed E-state index contributed by atoms with van der Waals surface area (Å²) in [4.78, 5) is 34.4. The summed E-state index contributed by atoms with van der Waals surface area (Å²) in [5.41, 5.74) is 0.498. The fourth-order valence-electron chi connectivity index (χ4n) is 1.77. The second-order valence-electron chi connectivity index (χ2n) is 4.25. The lowest BCUT2D eigenvalue weighted by molar-refractivity contribution is -0.139.